The fraction of sp³-hybridized carbons (Fsp3) is 1.00. The van der Waals surface area contributed by atoms with Crippen molar-refractivity contribution in [3.05, 3.63) is 0 Å². The average Bonchev–Trinajstić information content (AvgIpc) is 2.52. The molecule has 0 bridgehead atoms. The standard InChI is InChI=1S/C13H25P/c1-8(14)9-6-11(12(2,3)4)13(5)7-10(9)13/h8-11H,6-7,14H2,1-5H3/t8-,9+,10?,11?,13?/m1/s1. The zero-order chi connectivity index (χ0) is 10.7. The minimum atomic E-state index is 0.512. The summed E-state index contributed by atoms with van der Waals surface area (Å²) in [5.41, 5.74) is 2.03. The van der Waals surface area contributed by atoms with Crippen molar-refractivity contribution < 1.29 is 0 Å². The van der Waals surface area contributed by atoms with Gasteiger partial charge in [-0.1, -0.05) is 34.6 Å². The van der Waals surface area contributed by atoms with Gasteiger partial charge in [0.25, 0.3) is 0 Å². The van der Waals surface area contributed by atoms with E-state index in [1.54, 1.807) is 0 Å². The quantitative estimate of drug-likeness (QED) is 0.577. The lowest BCUT2D eigenvalue weighted by Crippen LogP contribution is -2.26. The van der Waals surface area contributed by atoms with Gasteiger partial charge in [-0.25, -0.2) is 0 Å². The Morgan fingerprint density at radius 3 is 2.21 bits per heavy atom. The van der Waals surface area contributed by atoms with Gasteiger partial charge in [-0.2, -0.15) is 0 Å². The van der Waals surface area contributed by atoms with E-state index >= 15 is 0 Å². The first kappa shape index (κ1) is 10.9. The minimum absolute atomic E-state index is 0.512. The molecular formula is C13H25P. The molecule has 82 valence electrons. The van der Waals surface area contributed by atoms with Crippen molar-refractivity contribution in [2.75, 3.05) is 0 Å². The van der Waals surface area contributed by atoms with Crippen molar-refractivity contribution in [2.45, 2.75) is 53.1 Å². The zero-order valence-electron chi connectivity index (χ0n) is 10.3. The molecule has 0 aliphatic heterocycles. The van der Waals surface area contributed by atoms with Gasteiger partial charge in [-0.3, -0.25) is 0 Å². The van der Waals surface area contributed by atoms with E-state index in [0.29, 0.717) is 10.8 Å². The molecule has 0 radical (unpaired) electrons. The topological polar surface area (TPSA) is 0 Å². The predicted molar refractivity (Wildman–Crippen MR) is 66.4 cm³/mol. The number of hydrogen-bond donors (Lipinski definition) is 0. The van der Waals surface area contributed by atoms with Gasteiger partial charge in [-0.05, 0) is 47.1 Å². The maximum atomic E-state index is 3.02. The molecule has 2 aliphatic rings. The van der Waals surface area contributed by atoms with E-state index in [9.17, 15) is 0 Å². The highest BCUT2D eigenvalue weighted by molar-refractivity contribution is 7.17. The van der Waals surface area contributed by atoms with Crippen LogP contribution in [0.2, 0.25) is 0 Å². The Labute approximate surface area is 91.4 Å². The summed E-state index contributed by atoms with van der Waals surface area (Å²) in [4.78, 5) is 0. The molecule has 0 spiro atoms. The van der Waals surface area contributed by atoms with Crippen LogP contribution in [-0.2, 0) is 0 Å². The van der Waals surface area contributed by atoms with Gasteiger partial charge < -0.3 is 0 Å². The summed E-state index contributed by atoms with van der Waals surface area (Å²) in [5, 5.41) is 0. The first-order valence-corrected chi connectivity index (χ1v) is 6.69. The highest BCUT2D eigenvalue weighted by Crippen LogP contribution is 2.73. The number of rotatable bonds is 1. The maximum Gasteiger partial charge on any atom is -0.0258 e. The van der Waals surface area contributed by atoms with Crippen LogP contribution < -0.4 is 0 Å². The van der Waals surface area contributed by atoms with E-state index in [1.807, 2.05) is 0 Å². The first-order chi connectivity index (χ1) is 6.27. The first-order valence-electron chi connectivity index (χ1n) is 6.02. The van der Waals surface area contributed by atoms with Crippen molar-refractivity contribution in [3.8, 4) is 0 Å². The largest absolute Gasteiger partial charge is 0.134 e. The van der Waals surface area contributed by atoms with Crippen molar-refractivity contribution in [3.63, 3.8) is 0 Å². The second-order valence-corrected chi connectivity index (χ2v) is 8.05. The van der Waals surface area contributed by atoms with Crippen molar-refractivity contribution >= 4 is 9.24 Å². The second kappa shape index (κ2) is 2.97. The Bertz CT molecular complexity index is 238. The zero-order valence-corrected chi connectivity index (χ0v) is 11.5. The molecule has 0 amide bonds. The minimum Gasteiger partial charge on any atom is -0.134 e. The molecule has 6 atom stereocenters. The summed E-state index contributed by atoms with van der Waals surface area (Å²) in [7, 11) is 3.02. The molecule has 2 aliphatic carbocycles. The summed E-state index contributed by atoms with van der Waals surface area (Å²) in [6.45, 7) is 12.2. The molecule has 2 rings (SSSR count). The number of hydrogen-bond acceptors (Lipinski definition) is 0. The lowest BCUT2D eigenvalue weighted by atomic mass is 9.72. The molecular weight excluding hydrogens is 187 g/mol. The average molecular weight is 212 g/mol. The van der Waals surface area contributed by atoms with Crippen LogP contribution in [0.1, 0.15) is 47.5 Å². The van der Waals surface area contributed by atoms with Crippen molar-refractivity contribution in [2.24, 2.45) is 28.6 Å². The van der Waals surface area contributed by atoms with E-state index in [4.69, 9.17) is 0 Å². The van der Waals surface area contributed by atoms with Crippen LogP contribution in [0.5, 0.6) is 0 Å². The third kappa shape index (κ3) is 1.45. The molecule has 14 heavy (non-hydrogen) atoms. The Hall–Kier alpha value is 0.430. The van der Waals surface area contributed by atoms with Gasteiger partial charge >= 0.3 is 0 Å². The second-order valence-electron chi connectivity index (χ2n) is 6.99. The highest BCUT2D eigenvalue weighted by atomic mass is 31.0. The van der Waals surface area contributed by atoms with E-state index < -0.39 is 0 Å². The molecule has 2 saturated carbocycles. The van der Waals surface area contributed by atoms with E-state index in [0.717, 1.165) is 23.4 Å². The van der Waals surface area contributed by atoms with Gasteiger partial charge in [0, 0.05) is 0 Å². The van der Waals surface area contributed by atoms with Crippen LogP contribution in [0.25, 0.3) is 0 Å². The van der Waals surface area contributed by atoms with E-state index in [1.165, 1.54) is 12.8 Å². The van der Waals surface area contributed by atoms with Gasteiger partial charge in [0.2, 0.25) is 0 Å². The monoisotopic (exact) mass is 212 g/mol. The fourth-order valence-corrected chi connectivity index (χ4v) is 4.51. The molecule has 0 N–H and O–H groups in total. The van der Waals surface area contributed by atoms with Crippen LogP contribution in [0.3, 0.4) is 0 Å². The summed E-state index contributed by atoms with van der Waals surface area (Å²) >= 11 is 0. The van der Waals surface area contributed by atoms with Crippen LogP contribution in [0.4, 0.5) is 0 Å². The molecule has 0 saturated heterocycles. The smallest absolute Gasteiger partial charge is 0.0258 e. The van der Waals surface area contributed by atoms with Crippen molar-refractivity contribution in [1.29, 1.82) is 0 Å². The van der Waals surface area contributed by atoms with Gasteiger partial charge in [0.05, 0.1) is 0 Å². The molecule has 0 nitrogen and oxygen atoms in total. The number of fused-ring (bicyclic) bond motifs is 1. The van der Waals surface area contributed by atoms with Gasteiger partial charge in [0.1, 0.15) is 0 Å². The summed E-state index contributed by atoms with van der Waals surface area (Å²) < 4.78 is 0. The Morgan fingerprint density at radius 1 is 1.36 bits per heavy atom. The molecule has 2 fully saturated rings. The maximum absolute atomic E-state index is 3.02. The summed E-state index contributed by atoms with van der Waals surface area (Å²) in [5.74, 6) is 2.97. The van der Waals surface area contributed by atoms with Crippen LogP contribution in [-0.4, -0.2) is 5.66 Å². The molecule has 0 heterocycles. The Balaban J connectivity index is 2.17. The SMILES string of the molecule is C[C@@H](P)[C@@H]1CC(C(C)(C)C)C2(C)CC12. The molecule has 0 aromatic rings. The van der Waals surface area contributed by atoms with E-state index in [2.05, 4.69) is 43.9 Å². The molecule has 0 aromatic carbocycles. The predicted octanol–water partition coefficient (Wildman–Crippen LogP) is 3.96. The van der Waals surface area contributed by atoms with Crippen LogP contribution >= 0.6 is 9.24 Å². The highest BCUT2D eigenvalue weighted by Gasteiger charge is 2.65. The molecule has 0 aromatic heterocycles. The fourth-order valence-electron chi connectivity index (χ4n) is 4.09. The summed E-state index contributed by atoms with van der Waals surface area (Å²) in [6, 6.07) is 0. The normalized spacial score (nSPS) is 48.9. The molecule has 1 heteroatoms. The van der Waals surface area contributed by atoms with Crippen molar-refractivity contribution in [1.82, 2.24) is 0 Å². The van der Waals surface area contributed by atoms with Gasteiger partial charge in [0.15, 0.2) is 0 Å². The summed E-state index contributed by atoms with van der Waals surface area (Å²) in [6.07, 6.45) is 2.97. The van der Waals surface area contributed by atoms with Crippen LogP contribution in [0.15, 0.2) is 0 Å². The van der Waals surface area contributed by atoms with Gasteiger partial charge in [-0.15, -0.1) is 9.24 Å². The third-order valence-corrected chi connectivity index (χ3v) is 5.38. The van der Waals surface area contributed by atoms with E-state index in [-0.39, 0.29) is 0 Å². The Morgan fingerprint density at radius 2 is 1.93 bits per heavy atom. The molecule has 4 unspecified atom stereocenters. The third-order valence-electron chi connectivity index (χ3n) is 4.89. The lowest BCUT2D eigenvalue weighted by molar-refractivity contribution is 0.159. The Kier molecular flexibility index (Phi) is 2.32. The van der Waals surface area contributed by atoms with Crippen LogP contribution in [0, 0.1) is 28.6 Å². The lowest BCUT2D eigenvalue weighted by Gasteiger charge is -2.34.